The minimum atomic E-state index is 1.01. The second-order valence-electron chi connectivity index (χ2n) is 4.14. The maximum absolute atomic E-state index is 2.30. The van der Waals surface area contributed by atoms with Crippen LogP contribution < -0.4 is 4.57 Å². The topological polar surface area (TPSA) is 3.88 Å². The van der Waals surface area contributed by atoms with Gasteiger partial charge in [0.1, 0.15) is 6.54 Å². The highest BCUT2D eigenvalue weighted by molar-refractivity contribution is 5.63. The maximum atomic E-state index is 2.30. The first-order chi connectivity index (χ1) is 7.74. The molecule has 1 nitrogen and oxygen atoms in total. The van der Waals surface area contributed by atoms with Gasteiger partial charge in [0.15, 0.2) is 6.20 Å². The van der Waals surface area contributed by atoms with Gasteiger partial charge >= 0.3 is 0 Å². The Labute approximate surface area is 97.4 Å². The molecule has 1 aromatic carbocycles. The Kier molecular flexibility index (Phi) is 3.04. The molecule has 0 fully saturated rings. The van der Waals surface area contributed by atoms with Crippen molar-refractivity contribution in [1.82, 2.24) is 0 Å². The van der Waals surface area contributed by atoms with Crippen LogP contribution in [0, 0.1) is 13.8 Å². The highest BCUT2D eigenvalue weighted by Gasteiger charge is 2.15. The summed E-state index contributed by atoms with van der Waals surface area (Å²) in [5.41, 5.74) is 5.34. The van der Waals surface area contributed by atoms with Gasteiger partial charge in [-0.1, -0.05) is 18.2 Å². The molecule has 0 spiro atoms. The molecule has 1 aromatic heterocycles. The molecule has 0 N–H and O–H groups in total. The van der Waals surface area contributed by atoms with E-state index in [1.807, 2.05) is 0 Å². The van der Waals surface area contributed by atoms with E-state index in [0.717, 1.165) is 6.54 Å². The van der Waals surface area contributed by atoms with Crippen LogP contribution in [0.3, 0.4) is 0 Å². The number of pyridine rings is 1. The van der Waals surface area contributed by atoms with Crippen molar-refractivity contribution in [2.45, 2.75) is 27.3 Å². The van der Waals surface area contributed by atoms with E-state index in [9.17, 15) is 0 Å². The van der Waals surface area contributed by atoms with Gasteiger partial charge in [-0.05, 0) is 38.5 Å². The summed E-state index contributed by atoms with van der Waals surface area (Å²) < 4.78 is 2.30. The van der Waals surface area contributed by atoms with Crippen molar-refractivity contribution in [2.24, 2.45) is 0 Å². The van der Waals surface area contributed by atoms with Crippen LogP contribution in [0.5, 0.6) is 0 Å². The molecule has 2 aromatic rings. The smallest absolute Gasteiger partial charge is 0.198 e. The summed E-state index contributed by atoms with van der Waals surface area (Å²) in [5.74, 6) is 0. The van der Waals surface area contributed by atoms with Crippen molar-refractivity contribution in [3.8, 4) is 11.3 Å². The van der Waals surface area contributed by atoms with Crippen molar-refractivity contribution in [1.29, 1.82) is 0 Å². The van der Waals surface area contributed by atoms with E-state index in [1.54, 1.807) is 0 Å². The van der Waals surface area contributed by atoms with Crippen molar-refractivity contribution in [3.05, 3.63) is 53.7 Å². The Hall–Kier alpha value is -1.63. The first kappa shape index (κ1) is 10.9. The van der Waals surface area contributed by atoms with Crippen LogP contribution in [0.1, 0.15) is 18.1 Å². The second kappa shape index (κ2) is 4.48. The summed E-state index contributed by atoms with van der Waals surface area (Å²) in [6.07, 6.45) is 2.15. The summed E-state index contributed by atoms with van der Waals surface area (Å²) in [5, 5.41) is 0. The zero-order valence-corrected chi connectivity index (χ0v) is 10.2. The molecule has 0 saturated heterocycles. The molecule has 2 rings (SSSR count). The third-order valence-corrected chi connectivity index (χ3v) is 3.01. The normalized spacial score (nSPS) is 10.4. The molecule has 16 heavy (non-hydrogen) atoms. The fourth-order valence-electron chi connectivity index (χ4n) is 2.14. The van der Waals surface area contributed by atoms with E-state index < -0.39 is 0 Å². The highest BCUT2D eigenvalue weighted by atomic mass is 14.9. The molecule has 0 amide bonds. The van der Waals surface area contributed by atoms with E-state index in [1.165, 1.54) is 22.4 Å². The molecule has 0 aliphatic heterocycles. The van der Waals surface area contributed by atoms with Crippen LogP contribution in [0.4, 0.5) is 0 Å². The highest BCUT2D eigenvalue weighted by Crippen LogP contribution is 2.22. The molecule has 0 saturated carbocycles. The first-order valence-electron chi connectivity index (χ1n) is 5.79. The van der Waals surface area contributed by atoms with Gasteiger partial charge in [0, 0.05) is 17.2 Å². The van der Waals surface area contributed by atoms with Gasteiger partial charge < -0.3 is 0 Å². The summed E-state index contributed by atoms with van der Waals surface area (Å²) in [4.78, 5) is 0. The molecule has 1 heteroatoms. The van der Waals surface area contributed by atoms with Crippen LogP contribution in [0.25, 0.3) is 11.3 Å². The van der Waals surface area contributed by atoms with E-state index in [2.05, 4.69) is 67.9 Å². The van der Waals surface area contributed by atoms with E-state index >= 15 is 0 Å². The number of nitrogens with zero attached hydrogens (tertiary/aromatic N) is 1. The summed E-state index contributed by atoms with van der Waals surface area (Å²) in [6, 6.07) is 12.8. The fraction of sp³-hybridized carbons (Fsp3) is 0.267. The lowest BCUT2D eigenvalue weighted by atomic mass is 10.0. The van der Waals surface area contributed by atoms with Crippen LogP contribution in [0.15, 0.2) is 42.6 Å². The molecule has 0 atom stereocenters. The summed E-state index contributed by atoms with van der Waals surface area (Å²) >= 11 is 0. The predicted octanol–water partition coefficient (Wildman–Crippen LogP) is 3.28. The van der Waals surface area contributed by atoms with Crippen LogP contribution >= 0.6 is 0 Å². The third kappa shape index (κ3) is 1.85. The number of aromatic nitrogens is 1. The Morgan fingerprint density at radius 1 is 0.938 bits per heavy atom. The zero-order valence-electron chi connectivity index (χ0n) is 10.2. The fourth-order valence-corrected chi connectivity index (χ4v) is 2.14. The molecule has 0 aliphatic carbocycles. The van der Waals surface area contributed by atoms with Crippen LogP contribution in [-0.2, 0) is 6.54 Å². The Morgan fingerprint density at radius 3 is 2.31 bits per heavy atom. The van der Waals surface area contributed by atoms with E-state index in [-0.39, 0.29) is 0 Å². The van der Waals surface area contributed by atoms with Gasteiger partial charge in [-0.3, -0.25) is 0 Å². The number of benzene rings is 1. The minimum Gasteiger partial charge on any atom is -0.198 e. The monoisotopic (exact) mass is 212 g/mol. The SMILES string of the molecule is CC[n+]1cccc(C)c1-c1ccccc1C. The molecule has 1 heterocycles. The number of hydrogen-bond donors (Lipinski definition) is 0. The van der Waals surface area contributed by atoms with Gasteiger partial charge in [-0.15, -0.1) is 0 Å². The molecule has 82 valence electrons. The summed E-state index contributed by atoms with van der Waals surface area (Å²) in [7, 11) is 0. The lowest BCUT2D eigenvalue weighted by Crippen LogP contribution is -2.35. The lowest BCUT2D eigenvalue weighted by Gasteiger charge is -2.07. The molecule has 0 unspecified atom stereocenters. The predicted molar refractivity (Wildman–Crippen MR) is 67.2 cm³/mol. The zero-order chi connectivity index (χ0) is 11.5. The third-order valence-electron chi connectivity index (χ3n) is 3.01. The number of rotatable bonds is 2. The van der Waals surface area contributed by atoms with Crippen molar-refractivity contribution in [3.63, 3.8) is 0 Å². The van der Waals surface area contributed by atoms with E-state index in [4.69, 9.17) is 0 Å². The van der Waals surface area contributed by atoms with Gasteiger partial charge in [0.25, 0.3) is 0 Å². The van der Waals surface area contributed by atoms with Gasteiger partial charge in [-0.25, -0.2) is 0 Å². The lowest BCUT2D eigenvalue weighted by molar-refractivity contribution is -0.683. The van der Waals surface area contributed by atoms with Crippen LogP contribution in [0.2, 0.25) is 0 Å². The van der Waals surface area contributed by atoms with E-state index in [0.29, 0.717) is 0 Å². The Balaban J connectivity index is 2.68. The summed E-state index contributed by atoms with van der Waals surface area (Å²) in [6.45, 7) is 7.53. The van der Waals surface area contributed by atoms with Crippen molar-refractivity contribution in [2.75, 3.05) is 0 Å². The molecule has 0 bridgehead atoms. The largest absolute Gasteiger partial charge is 0.215 e. The average Bonchev–Trinajstić information content (AvgIpc) is 2.30. The van der Waals surface area contributed by atoms with Gasteiger partial charge in [0.2, 0.25) is 5.69 Å². The number of aryl methyl sites for hydroxylation is 3. The van der Waals surface area contributed by atoms with Crippen LogP contribution in [-0.4, -0.2) is 0 Å². The van der Waals surface area contributed by atoms with Gasteiger partial charge in [-0.2, -0.15) is 4.57 Å². The maximum Gasteiger partial charge on any atom is 0.215 e. The number of hydrogen-bond acceptors (Lipinski definition) is 0. The van der Waals surface area contributed by atoms with Gasteiger partial charge in [0.05, 0.1) is 0 Å². The molecular formula is C15H18N+. The molecule has 0 radical (unpaired) electrons. The molecular weight excluding hydrogens is 194 g/mol. The quantitative estimate of drug-likeness (QED) is 0.673. The molecule has 0 aliphatic rings. The second-order valence-corrected chi connectivity index (χ2v) is 4.14. The van der Waals surface area contributed by atoms with Crippen molar-refractivity contribution < 1.29 is 4.57 Å². The standard InChI is InChI=1S/C15H18N/c1-4-16-11-7-9-13(3)15(16)14-10-6-5-8-12(14)2/h5-11H,4H2,1-3H3/q+1. The first-order valence-corrected chi connectivity index (χ1v) is 5.79. The van der Waals surface area contributed by atoms with Crippen molar-refractivity contribution >= 4 is 0 Å². The Morgan fingerprint density at radius 2 is 1.62 bits per heavy atom. The Bertz CT molecular complexity index is 501. The minimum absolute atomic E-state index is 1.01. The average molecular weight is 212 g/mol.